The number of nitrogens with zero attached hydrogens (tertiary/aromatic N) is 7. The molecule has 0 spiro atoms. The van der Waals surface area contributed by atoms with Crippen molar-refractivity contribution in [1.82, 2.24) is 35.3 Å². The van der Waals surface area contributed by atoms with E-state index < -0.39 is 11.9 Å². The number of tetrazole rings is 1. The van der Waals surface area contributed by atoms with Crippen LogP contribution >= 0.6 is 0 Å². The van der Waals surface area contributed by atoms with E-state index in [9.17, 15) is 14.4 Å². The van der Waals surface area contributed by atoms with E-state index in [0.29, 0.717) is 85.5 Å². The number of carboxylic acids is 2. The number of nitrogens with one attached hydrogen (secondary N) is 1. The van der Waals surface area contributed by atoms with Gasteiger partial charge < -0.3 is 52.2 Å². The molecule has 0 amide bonds. The Bertz CT molecular complexity index is 6310. The van der Waals surface area contributed by atoms with Crippen molar-refractivity contribution < 1.29 is 71.4 Å². The number of pyridine rings is 4. The van der Waals surface area contributed by atoms with Crippen molar-refractivity contribution in [3.05, 3.63) is 371 Å². The van der Waals surface area contributed by atoms with Gasteiger partial charge in [-0.25, -0.2) is 29.5 Å². The summed E-state index contributed by atoms with van der Waals surface area (Å²) in [7, 11) is 1.68. The summed E-state index contributed by atoms with van der Waals surface area (Å²) in [5.74, 6) is 4.38. The standard InChI is InChI=1S/C26H23N5O2.C25H21NO4.C24H21NO4.C22H17NO4/c1-32-26-16-23(31-28-18-27-30-31)14-12-21(26)10-9-19-5-4-7-24(15-19)33-17-22-13-11-20-6-2-3-8-25(20)29-22;27-25(28)14-18-8-10-19(11-9-18)16-29-22-5-3-6-23(15-22)30-17-21-13-12-20-4-1-2-7-24(20)26-21;1-3-27-24(26)21-14-23(29-16(21)2)18-9-12-20(13-10-18)28-15-19-11-8-17-6-4-5-7-22(17)25-19;1-14-19(22(24)25)12-21(27-14)16-7-10-18(11-8-16)26-13-17-9-6-15-4-2-3-5-20(15)23-17/h2-8,11-16,18H,9-10,17H2,1H3;1-13,15H,14,16-17H2,(H,27,28);4-14H,3,15H2,1-2H3;2-12H,13H2,1H3,(H,24,25)/p+1. The van der Waals surface area contributed by atoms with E-state index in [1.165, 1.54) is 18.0 Å². The molecular weight excluding hydrogens is 1500 g/mol. The Morgan fingerprint density at radius 2 is 0.849 bits per heavy atom. The Kier molecular flexibility index (Phi) is 26.4. The van der Waals surface area contributed by atoms with Crippen molar-refractivity contribution in [2.75, 3.05) is 13.7 Å². The maximum absolute atomic E-state index is 12.0. The molecule has 0 fully saturated rings. The quantitative estimate of drug-likeness (QED) is 0.0319. The van der Waals surface area contributed by atoms with Crippen LogP contribution in [-0.2, 0) is 61.8 Å². The lowest BCUT2D eigenvalue weighted by Crippen LogP contribution is -2.35. The summed E-state index contributed by atoms with van der Waals surface area (Å²) < 4.78 is 51.4. The molecule has 0 saturated carbocycles. The lowest BCUT2D eigenvalue weighted by Gasteiger charge is -2.11. The maximum atomic E-state index is 12.0. The van der Waals surface area contributed by atoms with Gasteiger partial charge in [0.2, 0.25) is 0 Å². The van der Waals surface area contributed by atoms with Gasteiger partial charge in [0.05, 0.1) is 70.1 Å². The summed E-state index contributed by atoms with van der Waals surface area (Å²) in [6, 6.07) is 95.4. The van der Waals surface area contributed by atoms with Crippen LogP contribution in [0.3, 0.4) is 0 Å². The third-order valence-electron chi connectivity index (χ3n) is 19.1. The summed E-state index contributed by atoms with van der Waals surface area (Å²) in [5, 5.41) is 33.2. The number of carboxylic acid groups (broad SMARTS) is 2. The van der Waals surface area contributed by atoms with Crippen LogP contribution in [0.5, 0.6) is 34.5 Å². The number of aromatic amines is 1. The molecule has 0 saturated heterocycles. The molecular formula is C97H83N8O14+. The molecule has 22 nitrogen and oxygen atoms in total. The van der Waals surface area contributed by atoms with Crippen LogP contribution in [0.15, 0.2) is 312 Å². The van der Waals surface area contributed by atoms with Crippen LogP contribution in [0.2, 0.25) is 0 Å². The number of aryl methyl sites for hydroxylation is 4. The molecule has 22 heteroatoms. The Balaban J connectivity index is 0.000000130. The average molecular weight is 1580 g/mol. The third kappa shape index (κ3) is 22.0. The minimum absolute atomic E-state index is 0.0204. The highest BCUT2D eigenvalue weighted by molar-refractivity contribution is 5.92. The number of fused-ring (bicyclic) bond motifs is 4. The number of para-hydroxylation sites is 4. The van der Waals surface area contributed by atoms with Crippen molar-refractivity contribution in [3.63, 3.8) is 0 Å². The number of carbonyl (C=O) groups excluding carboxylic acids is 1. The van der Waals surface area contributed by atoms with Gasteiger partial charge in [0.25, 0.3) is 6.33 Å². The zero-order chi connectivity index (χ0) is 82.2. The number of carbonyl (C=O) groups is 3. The van der Waals surface area contributed by atoms with Gasteiger partial charge in [0, 0.05) is 44.8 Å². The minimum Gasteiger partial charge on any atom is -0.496 e. The molecule has 3 N–H and O–H groups in total. The van der Waals surface area contributed by atoms with Gasteiger partial charge in [0.15, 0.2) is 5.69 Å². The number of benzene rings is 10. The highest BCUT2D eigenvalue weighted by atomic mass is 16.5. The molecule has 0 atom stereocenters. The van der Waals surface area contributed by atoms with Crippen LogP contribution in [0.25, 0.3) is 71.9 Å². The summed E-state index contributed by atoms with van der Waals surface area (Å²) in [5.41, 5.74) is 14.5. The number of hydrogen-bond acceptors (Lipinski definition) is 18. The first kappa shape index (κ1) is 80.3. The summed E-state index contributed by atoms with van der Waals surface area (Å²) in [4.78, 5) is 54.0. The highest BCUT2D eigenvalue weighted by Crippen LogP contribution is 2.32. The van der Waals surface area contributed by atoms with Crippen molar-refractivity contribution in [3.8, 4) is 62.8 Å². The number of hydrogen-bond donors (Lipinski definition) is 3. The SMILES string of the molecule is CCOC(=O)c1cc(-c2ccc(OCc3ccc4ccccc4n3)cc2)oc1C.COc1cc(-[n+]2ncn[nH]2)ccc1CCc1cccc(OCc2ccc3ccccc3n2)c1.Cc1oc(-c2ccc(OCc3ccc4ccccc4n3)cc2)cc1C(=O)O.O=C(O)Cc1ccc(COc2cccc(OCc3ccc4ccccc4n3)c2)cc1. The summed E-state index contributed by atoms with van der Waals surface area (Å²) in [6.45, 7) is 7.46. The normalized spacial score (nSPS) is 10.8. The van der Waals surface area contributed by atoms with E-state index in [1.807, 2.05) is 255 Å². The van der Waals surface area contributed by atoms with Crippen LogP contribution in [0.4, 0.5) is 0 Å². The van der Waals surface area contributed by atoms with Gasteiger partial charge in [-0.15, -0.1) is 0 Å². The number of esters is 1. The Hall–Kier alpha value is -15.3. The maximum Gasteiger partial charge on any atom is 0.341 e. The number of methoxy groups -OCH3 is 1. The molecule has 0 aliphatic heterocycles. The molecule has 0 bridgehead atoms. The van der Waals surface area contributed by atoms with E-state index in [1.54, 1.807) is 38.7 Å². The van der Waals surface area contributed by atoms with E-state index in [4.69, 9.17) is 52.2 Å². The molecule has 7 heterocycles. The fraction of sp³-hybridized carbons (Fsp3) is 0.134. The average Bonchev–Trinajstić information content (AvgIpc) is 1.70. The number of ether oxygens (including phenoxy) is 7. The van der Waals surface area contributed by atoms with Gasteiger partial charge in [-0.05, 0) is 211 Å². The molecule has 594 valence electrons. The number of aromatic nitrogens is 8. The van der Waals surface area contributed by atoms with Gasteiger partial charge in [0.1, 0.15) is 102 Å². The van der Waals surface area contributed by atoms with Crippen LogP contribution in [0.1, 0.15) is 84.2 Å². The summed E-state index contributed by atoms with van der Waals surface area (Å²) in [6.07, 6.45) is 3.20. The molecule has 119 heavy (non-hydrogen) atoms. The molecule has 7 aromatic heterocycles. The van der Waals surface area contributed by atoms with Crippen LogP contribution < -0.4 is 33.2 Å². The predicted molar refractivity (Wildman–Crippen MR) is 452 cm³/mol. The first-order valence-corrected chi connectivity index (χ1v) is 38.5. The molecule has 17 aromatic rings. The molecule has 0 aliphatic carbocycles. The van der Waals surface area contributed by atoms with Crippen molar-refractivity contribution in [2.24, 2.45) is 0 Å². The van der Waals surface area contributed by atoms with E-state index in [0.717, 1.165) is 130 Å². The smallest absolute Gasteiger partial charge is 0.341 e. The molecule has 0 radical (unpaired) electrons. The predicted octanol–water partition coefficient (Wildman–Crippen LogP) is 19.7. The lowest BCUT2D eigenvalue weighted by molar-refractivity contribution is -0.716. The van der Waals surface area contributed by atoms with Crippen LogP contribution in [-0.4, -0.2) is 77.2 Å². The fourth-order valence-corrected chi connectivity index (χ4v) is 12.9. The third-order valence-corrected chi connectivity index (χ3v) is 19.1. The first-order valence-electron chi connectivity index (χ1n) is 38.5. The Morgan fingerprint density at radius 3 is 1.29 bits per heavy atom. The Labute approximate surface area is 685 Å². The van der Waals surface area contributed by atoms with Crippen LogP contribution in [0, 0.1) is 13.8 Å². The van der Waals surface area contributed by atoms with Crippen molar-refractivity contribution >= 4 is 61.5 Å². The topological polar surface area (TPSA) is 280 Å². The van der Waals surface area contributed by atoms with E-state index in [2.05, 4.69) is 65.7 Å². The summed E-state index contributed by atoms with van der Waals surface area (Å²) >= 11 is 0. The zero-order valence-electron chi connectivity index (χ0n) is 65.7. The van der Waals surface area contributed by atoms with Gasteiger partial charge in [-0.3, -0.25) is 4.79 Å². The number of H-pyrrole nitrogens is 1. The van der Waals surface area contributed by atoms with E-state index >= 15 is 0 Å². The Morgan fingerprint density at radius 1 is 0.412 bits per heavy atom. The lowest BCUT2D eigenvalue weighted by atomic mass is 10.0. The zero-order valence-corrected chi connectivity index (χ0v) is 65.7. The van der Waals surface area contributed by atoms with Gasteiger partial charge in [-0.2, -0.15) is 0 Å². The van der Waals surface area contributed by atoms with Crippen molar-refractivity contribution in [1.29, 1.82) is 0 Å². The number of aliphatic carboxylic acids is 1. The fourth-order valence-electron chi connectivity index (χ4n) is 12.9. The number of aromatic carboxylic acids is 1. The number of rotatable bonds is 27. The second-order valence-electron chi connectivity index (χ2n) is 27.4. The largest absolute Gasteiger partial charge is 0.496 e. The van der Waals surface area contributed by atoms with Crippen molar-refractivity contribution in [2.45, 2.75) is 73.1 Å². The number of furan rings is 2. The second kappa shape index (κ2) is 39.1. The highest BCUT2D eigenvalue weighted by Gasteiger charge is 2.19. The second-order valence-corrected chi connectivity index (χ2v) is 27.4. The van der Waals surface area contributed by atoms with Gasteiger partial charge in [-0.1, -0.05) is 146 Å². The molecule has 0 aliphatic rings. The molecule has 10 aromatic carbocycles. The first-order chi connectivity index (χ1) is 58.2. The monoisotopic (exact) mass is 1580 g/mol. The molecule has 17 rings (SSSR count). The van der Waals surface area contributed by atoms with E-state index in [-0.39, 0.29) is 18.0 Å². The molecule has 0 unspecified atom stereocenters. The minimum atomic E-state index is -0.995. The van der Waals surface area contributed by atoms with Gasteiger partial charge >= 0.3 is 17.9 Å².